The molecule has 1 heterocycles. The largest absolute Gasteiger partial charge is 0.229 e. The molecule has 0 amide bonds. The van der Waals surface area contributed by atoms with Gasteiger partial charge in [0, 0.05) is 10.9 Å². The second-order valence-electron chi connectivity index (χ2n) is 7.32. The quantitative estimate of drug-likeness (QED) is 0.729. The number of nitrogens with zero attached hydrogens (tertiary/aromatic N) is 1. The smallest absolute Gasteiger partial charge is 0.211 e. The van der Waals surface area contributed by atoms with E-state index in [4.69, 9.17) is 0 Å². The normalized spacial score (nSPS) is 26.3. The first-order chi connectivity index (χ1) is 12.6. The van der Waals surface area contributed by atoms with Gasteiger partial charge in [0.2, 0.25) is 10.0 Å². The Morgan fingerprint density at radius 2 is 1.58 bits per heavy atom. The standard InChI is InChI=1S/C21H25NO2S2/c1-16-12-14-17(15-13-16)20-21(25-19-10-6-3-7-11-19)26(23,24)22(20)18-8-4-2-5-9-18/h3,6-7,10-15,18,20-21H,2,4-5,8-9H2,1H3/t20-,21+/m1/s1. The molecule has 2 atom stereocenters. The van der Waals surface area contributed by atoms with Crippen LogP contribution >= 0.6 is 11.8 Å². The topological polar surface area (TPSA) is 37.4 Å². The highest BCUT2D eigenvalue weighted by molar-refractivity contribution is 8.13. The number of aryl methyl sites for hydroxylation is 1. The molecular weight excluding hydrogens is 362 g/mol. The molecule has 0 spiro atoms. The fourth-order valence-corrected chi connectivity index (χ4v) is 8.14. The van der Waals surface area contributed by atoms with Crippen LogP contribution in [-0.4, -0.2) is 23.3 Å². The van der Waals surface area contributed by atoms with E-state index in [-0.39, 0.29) is 12.1 Å². The predicted octanol–water partition coefficient (Wildman–Crippen LogP) is 5.13. The Hall–Kier alpha value is -1.30. The highest BCUT2D eigenvalue weighted by Crippen LogP contribution is 2.52. The van der Waals surface area contributed by atoms with Crippen LogP contribution < -0.4 is 0 Å². The first kappa shape index (κ1) is 18.1. The van der Waals surface area contributed by atoms with Crippen molar-refractivity contribution in [3.05, 3.63) is 65.7 Å². The summed E-state index contributed by atoms with van der Waals surface area (Å²) < 4.78 is 27.8. The van der Waals surface area contributed by atoms with E-state index < -0.39 is 14.6 Å². The number of hydrogen-bond donors (Lipinski definition) is 0. The number of thioether (sulfide) groups is 1. The zero-order valence-corrected chi connectivity index (χ0v) is 16.7. The molecule has 2 aliphatic rings. The van der Waals surface area contributed by atoms with E-state index in [0.29, 0.717) is 0 Å². The maximum Gasteiger partial charge on any atom is 0.229 e. The molecule has 4 rings (SSSR count). The van der Waals surface area contributed by atoms with Crippen LogP contribution in [0, 0.1) is 6.92 Å². The summed E-state index contributed by atoms with van der Waals surface area (Å²) in [5.74, 6) is 0. The summed E-state index contributed by atoms with van der Waals surface area (Å²) in [6, 6.07) is 18.4. The van der Waals surface area contributed by atoms with E-state index in [0.717, 1.165) is 36.1 Å². The van der Waals surface area contributed by atoms with Crippen molar-refractivity contribution in [2.75, 3.05) is 0 Å². The Bertz CT molecular complexity index is 843. The summed E-state index contributed by atoms with van der Waals surface area (Å²) in [4.78, 5) is 1.02. The molecule has 2 fully saturated rings. The number of benzene rings is 2. The fourth-order valence-electron chi connectivity index (χ4n) is 4.10. The second-order valence-corrected chi connectivity index (χ2v) is 10.8. The summed E-state index contributed by atoms with van der Waals surface area (Å²) in [6.45, 7) is 2.07. The van der Waals surface area contributed by atoms with Crippen LogP contribution in [0.25, 0.3) is 0 Å². The van der Waals surface area contributed by atoms with Gasteiger partial charge in [0.1, 0.15) is 4.58 Å². The van der Waals surface area contributed by atoms with Gasteiger partial charge in [-0.2, -0.15) is 4.31 Å². The van der Waals surface area contributed by atoms with Crippen molar-refractivity contribution in [2.24, 2.45) is 0 Å². The highest BCUT2D eigenvalue weighted by Gasteiger charge is 2.57. The van der Waals surface area contributed by atoms with Crippen molar-refractivity contribution < 1.29 is 8.42 Å². The van der Waals surface area contributed by atoms with E-state index in [1.807, 2.05) is 34.6 Å². The van der Waals surface area contributed by atoms with E-state index >= 15 is 0 Å². The van der Waals surface area contributed by atoms with Crippen LogP contribution in [0.3, 0.4) is 0 Å². The summed E-state index contributed by atoms with van der Waals surface area (Å²) in [7, 11) is -3.27. The number of hydrogen-bond acceptors (Lipinski definition) is 3. The van der Waals surface area contributed by atoms with Crippen molar-refractivity contribution in [1.29, 1.82) is 0 Å². The maximum absolute atomic E-state index is 13.2. The van der Waals surface area contributed by atoms with Gasteiger partial charge in [-0.15, -0.1) is 11.8 Å². The van der Waals surface area contributed by atoms with Gasteiger partial charge < -0.3 is 0 Å². The minimum Gasteiger partial charge on any atom is -0.211 e. The third-order valence-electron chi connectivity index (χ3n) is 5.47. The Kier molecular flexibility index (Phi) is 5.13. The van der Waals surface area contributed by atoms with E-state index in [9.17, 15) is 8.42 Å². The first-order valence-corrected chi connectivity index (χ1v) is 11.8. The average molecular weight is 388 g/mol. The van der Waals surface area contributed by atoms with E-state index in [1.54, 1.807) is 0 Å². The molecule has 1 aliphatic heterocycles. The van der Waals surface area contributed by atoms with Gasteiger partial charge in [0.15, 0.2) is 0 Å². The lowest BCUT2D eigenvalue weighted by atomic mass is 9.94. The molecule has 26 heavy (non-hydrogen) atoms. The van der Waals surface area contributed by atoms with Crippen LogP contribution in [0.4, 0.5) is 0 Å². The molecule has 1 saturated carbocycles. The molecule has 1 aliphatic carbocycles. The van der Waals surface area contributed by atoms with Crippen LogP contribution in [-0.2, 0) is 10.0 Å². The molecule has 0 N–H and O–H groups in total. The van der Waals surface area contributed by atoms with Crippen molar-refractivity contribution in [3.63, 3.8) is 0 Å². The van der Waals surface area contributed by atoms with Gasteiger partial charge in [0.05, 0.1) is 6.04 Å². The Morgan fingerprint density at radius 3 is 2.23 bits per heavy atom. The molecule has 2 aromatic carbocycles. The number of rotatable bonds is 4. The summed E-state index contributed by atoms with van der Waals surface area (Å²) in [6.07, 6.45) is 5.47. The van der Waals surface area contributed by atoms with Gasteiger partial charge in [-0.05, 0) is 37.5 Å². The fraction of sp³-hybridized carbons (Fsp3) is 0.429. The first-order valence-electron chi connectivity index (χ1n) is 9.38. The van der Waals surface area contributed by atoms with Crippen LogP contribution in [0.15, 0.2) is 59.5 Å². The molecule has 0 radical (unpaired) electrons. The summed E-state index contributed by atoms with van der Waals surface area (Å²) in [5, 5.41) is 0. The van der Waals surface area contributed by atoms with Crippen molar-refractivity contribution in [2.45, 2.75) is 60.6 Å². The summed E-state index contributed by atoms with van der Waals surface area (Å²) >= 11 is 1.48. The molecule has 3 nitrogen and oxygen atoms in total. The van der Waals surface area contributed by atoms with Crippen LogP contribution in [0.1, 0.15) is 49.3 Å². The van der Waals surface area contributed by atoms with E-state index in [2.05, 4.69) is 31.2 Å². The molecular formula is C21H25NO2S2. The molecule has 0 unspecified atom stereocenters. The van der Waals surface area contributed by atoms with Gasteiger partial charge in [-0.1, -0.05) is 67.3 Å². The van der Waals surface area contributed by atoms with Gasteiger partial charge >= 0.3 is 0 Å². The maximum atomic E-state index is 13.2. The SMILES string of the molecule is Cc1ccc([C@@H]2[C@@H](Sc3ccccc3)S(=O)(=O)N2C2CCCCC2)cc1. The highest BCUT2D eigenvalue weighted by atomic mass is 32.3. The molecule has 1 saturated heterocycles. The van der Waals surface area contributed by atoms with Crippen LogP contribution in [0.5, 0.6) is 0 Å². The lowest BCUT2D eigenvalue weighted by molar-refractivity contribution is 0.176. The minimum atomic E-state index is -3.27. The van der Waals surface area contributed by atoms with E-state index in [1.165, 1.54) is 23.7 Å². The van der Waals surface area contributed by atoms with Crippen molar-refractivity contribution in [3.8, 4) is 0 Å². The van der Waals surface area contributed by atoms with Gasteiger partial charge in [-0.3, -0.25) is 0 Å². The van der Waals surface area contributed by atoms with Crippen molar-refractivity contribution in [1.82, 2.24) is 4.31 Å². The second kappa shape index (κ2) is 7.37. The zero-order chi connectivity index (χ0) is 18.1. The molecule has 0 aromatic heterocycles. The molecule has 5 heteroatoms. The third kappa shape index (κ3) is 3.32. The minimum absolute atomic E-state index is 0.0612. The monoisotopic (exact) mass is 387 g/mol. The lowest BCUT2D eigenvalue weighted by Crippen LogP contribution is -2.60. The zero-order valence-electron chi connectivity index (χ0n) is 15.0. The lowest BCUT2D eigenvalue weighted by Gasteiger charge is -2.51. The Labute approximate surface area is 160 Å². The predicted molar refractivity (Wildman–Crippen MR) is 108 cm³/mol. The summed E-state index contributed by atoms with van der Waals surface area (Å²) in [5.41, 5.74) is 2.32. The molecule has 2 aromatic rings. The van der Waals surface area contributed by atoms with Gasteiger partial charge in [-0.25, -0.2) is 8.42 Å². The molecule has 0 bridgehead atoms. The Balaban J connectivity index is 1.68. The average Bonchev–Trinajstić information content (AvgIpc) is 2.66. The third-order valence-corrected chi connectivity index (χ3v) is 9.48. The van der Waals surface area contributed by atoms with Gasteiger partial charge in [0.25, 0.3) is 0 Å². The molecule has 138 valence electrons. The number of sulfonamides is 1. The Morgan fingerprint density at radius 1 is 0.923 bits per heavy atom. The van der Waals surface area contributed by atoms with Crippen molar-refractivity contribution >= 4 is 21.8 Å². The van der Waals surface area contributed by atoms with Crippen LogP contribution in [0.2, 0.25) is 0 Å².